The minimum absolute atomic E-state index is 0.122. The van der Waals surface area contributed by atoms with Gasteiger partial charge in [0.05, 0.1) is 33.6 Å². The van der Waals surface area contributed by atoms with Gasteiger partial charge in [-0.25, -0.2) is 5.43 Å². The molecule has 2 aromatic rings. The van der Waals surface area contributed by atoms with Crippen LogP contribution in [0.5, 0.6) is 17.2 Å². The Bertz CT molecular complexity index is 788. The van der Waals surface area contributed by atoms with Crippen molar-refractivity contribution in [3.05, 3.63) is 45.7 Å². The quantitative estimate of drug-likeness (QED) is 0.460. The van der Waals surface area contributed by atoms with Gasteiger partial charge < -0.3 is 18.6 Å². The van der Waals surface area contributed by atoms with Gasteiger partial charge in [0.15, 0.2) is 17.3 Å². The molecule has 0 aliphatic rings. The average Bonchev–Trinajstić information content (AvgIpc) is 3.09. The molecule has 0 aliphatic heterocycles. The standard InChI is InChI=1S/C15H15N3O7/c1-22-11-6-9(7-12(23-2)14(11)24-3)15(19)17-16-8-10-4-5-13(25-10)18(20)21/h4-8H,1-3H3,(H,17,19)/b16-8-. The normalized spacial score (nSPS) is 10.5. The van der Waals surface area contributed by atoms with Crippen LogP contribution in [0.15, 0.2) is 33.8 Å². The lowest BCUT2D eigenvalue weighted by Gasteiger charge is -2.13. The molecule has 0 saturated carbocycles. The number of methoxy groups -OCH3 is 3. The fourth-order valence-corrected chi connectivity index (χ4v) is 1.94. The van der Waals surface area contributed by atoms with E-state index in [9.17, 15) is 14.9 Å². The molecule has 1 aromatic carbocycles. The van der Waals surface area contributed by atoms with Crippen molar-refractivity contribution in [3.63, 3.8) is 0 Å². The molecule has 0 saturated heterocycles. The summed E-state index contributed by atoms with van der Waals surface area (Å²) < 4.78 is 20.4. The van der Waals surface area contributed by atoms with Gasteiger partial charge in [0, 0.05) is 5.56 Å². The number of ether oxygens (including phenoxy) is 3. The highest BCUT2D eigenvalue weighted by Crippen LogP contribution is 2.38. The number of hydrogen-bond donors (Lipinski definition) is 1. The zero-order chi connectivity index (χ0) is 18.4. The van der Waals surface area contributed by atoms with Crippen LogP contribution in [-0.4, -0.2) is 38.4 Å². The van der Waals surface area contributed by atoms with E-state index >= 15 is 0 Å². The van der Waals surface area contributed by atoms with Crippen molar-refractivity contribution in [2.75, 3.05) is 21.3 Å². The molecule has 0 radical (unpaired) electrons. The summed E-state index contributed by atoms with van der Waals surface area (Å²) in [4.78, 5) is 22.0. The number of furan rings is 1. The van der Waals surface area contributed by atoms with Crippen molar-refractivity contribution in [1.29, 1.82) is 0 Å². The Morgan fingerprint density at radius 1 is 1.20 bits per heavy atom. The summed E-state index contributed by atoms with van der Waals surface area (Å²) in [6.45, 7) is 0. The molecule has 0 spiro atoms. The van der Waals surface area contributed by atoms with E-state index in [4.69, 9.17) is 18.6 Å². The third-order valence-electron chi connectivity index (χ3n) is 3.08. The van der Waals surface area contributed by atoms with Crippen LogP contribution in [0.2, 0.25) is 0 Å². The fourth-order valence-electron chi connectivity index (χ4n) is 1.94. The Morgan fingerprint density at radius 3 is 2.32 bits per heavy atom. The summed E-state index contributed by atoms with van der Waals surface area (Å²) in [6.07, 6.45) is 1.14. The topological polar surface area (TPSA) is 125 Å². The molecular weight excluding hydrogens is 334 g/mol. The van der Waals surface area contributed by atoms with Gasteiger partial charge in [0.2, 0.25) is 5.75 Å². The van der Waals surface area contributed by atoms with Crippen molar-refractivity contribution in [2.45, 2.75) is 0 Å². The summed E-state index contributed by atoms with van der Waals surface area (Å²) in [5.41, 5.74) is 2.49. The Kier molecular flexibility index (Phi) is 5.56. The van der Waals surface area contributed by atoms with Gasteiger partial charge >= 0.3 is 5.88 Å². The van der Waals surface area contributed by atoms with E-state index in [1.165, 1.54) is 45.6 Å². The number of nitrogens with one attached hydrogen (secondary N) is 1. The first-order valence-corrected chi connectivity index (χ1v) is 6.87. The first-order valence-electron chi connectivity index (χ1n) is 6.87. The van der Waals surface area contributed by atoms with E-state index in [2.05, 4.69) is 10.5 Å². The Labute approximate surface area is 142 Å². The molecule has 0 bridgehead atoms. The maximum atomic E-state index is 12.2. The third-order valence-corrected chi connectivity index (χ3v) is 3.08. The van der Waals surface area contributed by atoms with Crippen LogP contribution in [0.25, 0.3) is 0 Å². The zero-order valence-electron chi connectivity index (χ0n) is 13.6. The van der Waals surface area contributed by atoms with Gasteiger partial charge in [-0.05, 0) is 18.2 Å². The smallest absolute Gasteiger partial charge is 0.433 e. The minimum Gasteiger partial charge on any atom is -0.493 e. The average molecular weight is 349 g/mol. The number of amides is 1. The van der Waals surface area contributed by atoms with Crippen LogP contribution in [-0.2, 0) is 0 Å². The molecule has 0 aliphatic carbocycles. The number of carbonyl (C=O) groups is 1. The van der Waals surface area contributed by atoms with E-state index in [1.807, 2.05) is 0 Å². The van der Waals surface area contributed by atoms with Crippen LogP contribution in [0.3, 0.4) is 0 Å². The first-order chi connectivity index (χ1) is 12.0. The van der Waals surface area contributed by atoms with Crippen LogP contribution >= 0.6 is 0 Å². The number of nitrogens with zero attached hydrogens (tertiary/aromatic N) is 2. The number of benzene rings is 1. The van der Waals surface area contributed by atoms with E-state index in [-0.39, 0.29) is 11.3 Å². The Balaban J connectivity index is 2.14. The largest absolute Gasteiger partial charge is 0.493 e. The van der Waals surface area contributed by atoms with Gasteiger partial charge in [-0.1, -0.05) is 0 Å². The van der Waals surface area contributed by atoms with E-state index in [1.54, 1.807) is 0 Å². The summed E-state index contributed by atoms with van der Waals surface area (Å²) in [7, 11) is 4.31. The molecule has 1 amide bonds. The monoisotopic (exact) mass is 349 g/mol. The molecule has 0 unspecified atom stereocenters. The lowest BCUT2D eigenvalue weighted by atomic mass is 10.1. The lowest BCUT2D eigenvalue weighted by molar-refractivity contribution is -0.402. The highest BCUT2D eigenvalue weighted by molar-refractivity contribution is 5.96. The molecule has 1 heterocycles. The van der Waals surface area contributed by atoms with Gasteiger partial charge in [0.1, 0.15) is 4.92 Å². The molecular formula is C15H15N3O7. The van der Waals surface area contributed by atoms with Crippen LogP contribution in [0.4, 0.5) is 5.88 Å². The number of rotatable bonds is 7. The van der Waals surface area contributed by atoms with E-state index in [0.29, 0.717) is 17.2 Å². The van der Waals surface area contributed by atoms with Crippen molar-refractivity contribution in [1.82, 2.24) is 5.43 Å². The fraction of sp³-hybridized carbons (Fsp3) is 0.200. The van der Waals surface area contributed by atoms with E-state index in [0.717, 1.165) is 6.21 Å². The predicted molar refractivity (Wildman–Crippen MR) is 86.5 cm³/mol. The molecule has 25 heavy (non-hydrogen) atoms. The lowest BCUT2D eigenvalue weighted by Crippen LogP contribution is -2.18. The number of hydrazone groups is 1. The summed E-state index contributed by atoms with van der Waals surface area (Å²) in [6, 6.07) is 5.46. The molecule has 2 rings (SSSR count). The van der Waals surface area contributed by atoms with Crippen LogP contribution in [0, 0.1) is 10.1 Å². The van der Waals surface area contributed by atoms with Crippen LogP contribution in [0.1, 0.15) is 16.1 Å². The maximum absolute atomic E-state index is 12.2. The molecule has 132 valence electrons. The molecule has 10 heteroatoms. The summed E-state index contributed by atoms with van der Waals surface area (Å²) >= 11 is 0. The van der Waals surface area contributed by atoms with Crippen LogP contribution < -0.4 is 19.6 Å². The third kappa shape index (κ3) is 4.05. The highest BCUT2D eigenvalue weighted by Gasteiger charge is 2.17. The second kappa shape index (κ2) is 7.81. The Morgan fingerprint density at radius 2 is 1.84 bits per heavy atom. The molecule has 0 fully saturated rings. The molecule has 1 aromatic heterocycles. The van der Waals surface area contributed by atoms with Gasteiger partial charge in [-0.15, -0.1) is 0 Å². The van der Waals surface area contributed by atoms with Crippen molar-refractivity contribution in [2.24, 2.45) is 5.10 Å². The second-order valence-corrected chi connectivity index (χ2v) is 4.55. The SMILES string of the molecule is COc1cc(C(=O)N/N=C\c2ccc([N+](=O)[O-])o2)cc(OC)c1OC. The zero-order valence-corrected chi connectivity index (χ0v) is 13.6. The number of carbonyl (C=O) groups excluding carboxylic acids is 1. The molecule has 0 atom stereocenters. The van der Waals surface area contributed by atoms with Gasteiger partial charge in [-0.2, -0.15) is 5.10 Å². The van der Waals surface area contributed by atoms with Gasteiger partial charge in [0.25, 0.3) is 5.91 Å². The minimum atomic E-state index is -0.675. The first kappa shape index (κ1) is 17.8. The maximum Gasteiger partial charge on any atom is 0.433 e. The highest BCUT2D eigenvalue weighted by atomic mass is 16.6. The predicted octanol–water partition coefficient (Wildman–Crippen LogP) is 1.98. The number of nitro groups is 1. The Hall–Kier alpha value is -3.56. The molecule has 10 nitrogen and oxygen atoms in total. The van der Waals surface area contributed by atoms with Crippen molar-refractivity contribution < 1.29 is 28.3 Å². The van der Waals surface area contributed by atoms with E-state index < -0.39 is 16.7 Å². The molecule has 1 N–H and O–H groups in total. The summed E-state index contributed by atoms with van der Waals surface area (Å²) in [5, 5.41) is 14.2. The number of hydrogen-bond acceptors (Lipinski definition) is 8. The van der Waals surface area contributed by atoms with Crippen molar-refractivity contribution >= 4 is 18.0 Å². The van der Waals surface area contributed by atoms with Crippen molar-refractivity contribution in [3.8, 4) is 17.2 Å². The summed E-state index contributed by atoms with van der Waals surface area (Å²) in [5.74, 6) is 0.147. The second-order valence-electron chi connectivity index (χ2n) is 4.55. The van der Waals surface area contributed by atoms with Gasteiger partial charge in [-0.3, -0.25) is 14.9 Å².